The third-order valence-corrected chi connectivity index (χ3v) is 7.76. The average Bonchev–Trinajstić information content (AvgIpc) is 3.45. The summed E-state index contributed by atoms with van der Waals surface area (Å²) < 4.78 is 5.52. The zero-order valence-electron chi connectivity index (χ0n) is 23.9. The van der Waals surface area contributed by atoms with Crippen LogP contribution in [0.25, 0.3) is 0 Å². The van der Waals surface area contributed by atoms with E-state index < -0.39 is 5.54 Å². The number of benzene rings is 1. The Morgan fingerprint density at radius 2 is 1.90 bits per heavy atom. The van der Waals surface area contributed by atoms with Gasteiger partial charge in [-0.25, -0.2) is 4.79 Å². The van der Waals surface area contributed by atoms with Crippen molar-refractivity contribution in [1.82, 2.24) is 25.3 Å². The van der Waals surface area contributed by atoms with Gasteiger partial charge in [-0.3, -0.25) is 14.7 Å². The summed E-state index contributed by atoms with van der Waals surface area (Å²) in [6.45, 7) is 10.2. The number of hydrogen-bond donors (Lipinski definition) is 4. The van der Waals surface area contributed by atoms with E-state index in [1.807, 2.05) is 27.9 Å². The fourth-order valence-electron chi connectivity index (χ4n) is 5.32. The zero-order chi connectivity index (χ0) is 28.9. The molecule has 40 heavy (non-hydrogen) atoms. The van der Waals surface area contributed by atoms with E-state index in [1.165, 1.54) is 6.08 Å². The molecule has 11 nitrogen and oxygen atoms in total. The topological polar surface area (TPSA) is 132 Å². The first-order valence-electron chi connectivity index (χ1n) is 13.8. The summed E-state index contributed by atoms with van der Waals surface area (Å²) in [6.07, 6.45) is 5.03. The summed E-state index contributed by atoms with van der Waals surface area (Å²) in [7, 11) is 4.09. The quantitative estimate of drug-likeness (QED) is 0.333. The summed E-state index contributed by atoms with van der Waals surface area (Å²) in [5.41, 5.74) is 1.93. The molecule has 1 atom stereocenters. The smallest absolute Gasteiger partial charge is 0.318 e. The number of nitrogens with one attached hydrogen (secondary N) is 4. The molecule has 1 fully saturated rings. The molecule has 2 aromatic rings. The maximum Gasteiger partial charge on any atom is 0.318 e. The standard InChI is InChI=1S/C29H41N7O4/c1-6-24(37)30-21-9-7-20(8-10-21)27(38)32-26-23-18-36(29(2,3)25(23)33-34-26)28(39)31-22(11-14-35(4)5)17-19-12-15-40-16-13-19/h6-10,19,22H,1,11-18H2,2-5H3,(H,30,37)(H,31,39)(H2,32,33,34,38). The van der Waals surface area contributed by atoms with Gasteiger partial charge in [-0.1, -0.05) is 6.58 Å². The van der Waals surface area contributed by atoms with Crippen LogP contribution in [0.2, 0.25) is 0 Å². The first-order chi connectivity index (χ1) is 19.1. The molecule has 3 heterocycles. The minimum Gasteiger partial charge on any atom is -0.381 e. The lowest BCUT2D eigenvalue weighted by molar-refractivity contribution is -0.111. The number of urea groups is 1. The lowest BCUT2D eigenvalue weighted by Crippen LogP contribution is -2.50. The van der Waals surface area contributed by atoms with Gasteiger partial charge in [0.25, 0.3) is 5.91 Å². The summed E-state index contributed by atoms with van der Waals surface area (Å²) in [6, 6.07) is 6.47. The van der Waals surface area contributed by atoms with E-state index in [0.29, 0.717) is 29.5 Å². The van der Waals surface area contributed by atoms with Gasteiger partial charge < -0.3 is 30.5 Å². The van der Waals surface area contributed by atoms with Crippen LogP contribution < -0.4 is 16.0 Å². The molecule has 1 unspecified atom stereocenters. The highest BCUT2D eigenvalue weighted by atomic mass is 16.5. The van der Waals surface area contributed by atoms with Crippen LogP contribution in [0.15, 0.2) is 36.9 Å². The number of carbonyl (C=O) groups is 3. The van der Waals surface area contributed by atoms with Gasteiger partial charge in [0, 0.05) is 36.1 Å². The Morgan fingerprint density at radius 1 is 1.20 bits per heavy atom. The molecule has 0 aliphatic carbocycles. The summed E-state index contributed by atoms with van der Waals surface area (Å²) in [4.78, 5) is 42.0. The molecule has 2 aliphatic rings. The molecule has 216 valence electrons. The predicted molar refractivity (Wildman–Crippen MR) is 154 cm³/mol. The molecule has 0 spiro atoms. The van der Waals surface area contributed by atoms with Gasteiger partial charge in [-0.2, -0.15) is 5.10 Å². The van der Waals surface area contributed by atoms with Crippen LogP contribution in [-0.2, 0) is 21.6 Å². The Kier molecular flexibility index (Phi) is 9.26. The first-order valence-corrected chi connectivity index (χ1v) is 13.8. The molecule has 1 aromatic heterocycles. The van der Waals surface area contributed by atoms with Crippen LogP contribution in [0, 0.1) is 5.92 Å². The number of amides is 4. The normalized spacial score (nSPS) is 17.3. The van der Waals surface area contributed by atoms with E-state index in [9.17, 15) is 14.4 Å². The van der Waals surface area contributed by atoms with Crippen LogP contribution in [0.3, 0.4) is 0 Å². The second kappa shape index (κ2) is 12.6. The van der Waals surface area contributed by atoms with Gasteiger partial charge in [0.05, 0.1) is 17.8 Å². The summed E-state index contributed by atoms with van der Waals surface area (Å²) in [5, 5.41) is 16.2. The molecule has 4 amide bonds. The Labute approximate surface area is 235 Å². The van der Waals surface area contributed by atoms with Gasteiger partial charge in [-0.15, -0.1) is 0 Å². The van der Waals surface area contributed by atoms with E-state index in [-0.39, 0.29) is 23.9 Å². The van der Waals surface area contributed by atoms with Crippen LogP contribution in [0.1, 0.15) is 61.1 Å². The van der Waals surface area contributed by atoms with Gasteiger partial charge in [0.2, 0.25) is 5.91 Å². The molecule has 11 heteroatoms. The first kappa shape index (κ1) is 29.3. The Balaban J connectivity index is 1.42. The maximum absolute atomic E-state index is 13.6. The lowest BCUT2D eigenvalue weighted by atomic mass is 9.91. The number of hydrogen-bond acceptors (Lipinski definition) is 6. The minimum absolute atomic E-state index is 0.0595. The van der Waals surface area contributed by atoms with Crippen molar-refractivity contribution < 1.29 is 19.1 Å². The fourth-order valence-corrected chi connectivity index (χ4v) is 5.32. The highest BCUT2D eigenvalue weighted by Crippen LogP contribution is 2.40. The van der Waals surface area contributed by atoms with E-state index >= 15 is 0 Å². The van der Waals surface area contributed by atoms with E-state index in [2.05, 4.69) is 37.6 Å². The monoisotopic (exact) mass is 551 g/mol. The van der Waals surface area contributed by atoms with Crippen molar-refractivity contribution in [3.8, 4) is 0 Å². The van der Waals surface area contributed by atoms with Crippen molar-refractivity contribution in [2.75, 3.05) is 44.5 Å². The molecule has 1 aromatic carbocycles. The number of rotatable bonds is 10. The second-order valence-corrected chi connectivity index (χ2v) is 11.3. The molecule has 4 N–H and O–H groups in total. The Morgan fingerprint density at radius 3 is 2.55 bits per heavy atom. The molecule has 0 saturated carbocycles. The van der Waals surface area contributed by atoms with Crippen LogP contribution in [0.4, 0.5) is 16.3 Å². The third kappa shape index (κ3) is 6.89. The number of aromatic nitrogens is 2. The van der Waals surface area contributed by atoms with Crippen LogP contribution >= 0.6 is 0 Å². The molecular weight excluding hydrogens is 510 g/mol. The van der Waals surface area contributed by atoms with E-state index in [4.69, 9.17) is 4.74 Å². The highest BCUT2D eigenvalue weighted by Gasteiger charge is 2.44. The Hall–Kier alpha value is -3.70. The van der Waals surface area contributed by atoms with Crippen molar-refractivity contribution in [3.05, 3.63) is 53.7 Å². The third-order valence-electron chi connectivity index (χ3n) is 7.76. The number of H-pyrrole nitrogens is 1. The SMILES string of the molecule is C=CC(=O)Nc1ccc(C(=O)Nc2n[nH]c3c2CN(C(=O)NC(CCN(C)C)CC2CCOCC2)C3(C)C)cc1. The molecule has 0 radical (unpaired) electrons. The van der Waals surface area contributed by atoms with Crippen molar-refractivity contribution >= 4 is 29.4 Å². The number of anilines is 2. The summed E-state index contributed by atoms with van der Waals surface area (Å²) in [5.74, 6) is 0.280. The van der Waals surface area contributed by atoms with Crippen molar-refractivity contribution in [2.24, 2.45) is 5.92 Å². The van der Waals surface area contributed by atoms with E-state index in [0.717, 1.165) is 56.7 Å². The van der Waals surface area contributed by atoms with Gasteiger partial charge in [0.15, 0.2) is 5.82 Å². The zero-order valence-corrected chi connectivity index (χ0v) is 23.9. The summed E-state index contributed by atoms with van der Waals surface area (Å²) >= 11 is 0. The van der Waals surface area contributed by atoms with Gasteiger partial charge in [-0.05, 0) is 96.4 Å². The van der Waals surface area contributed by atoms with Gasteiger partial charge in [0.1, 0.15) is 0 Å². The number of aromatic amines is 1. The van der Waals surface area contributed by atoms with Crippen molar-refractivity contribution in [3.63, 3.8) is 0 Å². The maximum atomic E-state index is 13.6. The average molecular weight is 552 g/mol. The number of ether oxygens (including phenoxy) is 1. The lowest BCUT2D eigenvalue weighted by Gasteiger charge is -2.34. The minimum atomic E-state index is -0.634. The molecule has 0 bridgehead atoms. The molecular formula is C29H41N7O4. The number of fused-ring (bicyclic) bond motifs is 1. The second-order valence-electron chi connectivity index (χ2n) is 11.3. The van der Waals surface area contributed by atoms with Gasteiger partial charge >= 0.3 is 6.03 Å². The van der Waals surface area contributed by atoms with Crippen LogP contribution in [0.5, 0.6) is 0 Å². The van der Waals surface area contributed by atoms with Crippen molar-refractivity contribution in [2.45, 2.75) is 57.7 Å². The molecule has 4 rings (SSSR count). The Bertz CT molecular complexity index is 1220. The largest absolute Gasteiger partial charge is 0.381 e. The van der Waals surface area contributed by atoms with E-state index in [1.54, 1.807) is 29.2 Å². The predicted octanol–water partition coefficient (Wildman–Crippen LogP) is 3.68. The van der Waals surface area contributed by atoms with Crippen LogP contribution in [-0.4, -0.2) is 77.7 Å². The number of nitrogens with zero attached hydrogens (tertiary/aromatic N) is 3. The number of carbonyl (C=O) groups excluding carboxylic acids is 3. The molecule has 1 saturated heterocycles. The fraction of sp³-hybridized carbons (Fsp3) is 0.517. The highest BCUT2D eigenvalue weighted by molar-refractivity contribution is 6.05. The van der Waals surface area contributed by atoms with Crippen molar-refractivity contribution in [1.29, 1.82) is 0 Å². The molecule has 2 aliphatic heterocycles.